The first-order valence-electron chi connectivity index (χ1n) is 5.26. The third-order valence-corrected chi connectivity index (χ3v) is 2.47. The molecule has 0 aliphatic rings. The van der Waals surface area contributed by atoms with Gasteiger partial charge in [0, 0.05) is 12.6 Å². The highest BCUT2D eigenvalue weighted by Gasteiger charge is 2.33. The van der Waals surface area contributed by atoms with Crippen molar-refractivity contribution in [1.29, 1.82) is 0 Å². The van der Waals surface area contributed by atoms with Crippen LogP contribution in [0.25, 0.3) is 0 Å². The fraction of sp³-hybridized carbons (Fsp3) is 0.273. The molecule has 2 aromatic rings. The molecule has 2 rings (SSSR count). The molecule has 1 heterocycles. The van der Waals surface area contributed by atoms with E-state index in [4.69, 9.17) is 0 Å². The van der Waals surface area contributed by atoms with Gasteiger partial charge in [0.1, 0.15) is 11.9 Å². The maximum absolute atomic E-state index is 12.3. The molecule has 0 amide bonds. The van der Waals surface area contributed by atoms with Crippen molar-refractivity contribution in [3.8, 4) is 5.75 Å². The van der Waals surface area contributed by atoms with Crippen molar-refractivity contribution in [2.75, 3.05) is 0 Å². The van der Waals surface area contributed by atoms with Gasteiger partial charge in [-0.3, -0.25) is 0 Å². The van der Waals surface area contributed by atoms with Crippen LogP contribution >= 0.6 is 0 Å². The molecule has 0 saturated heterocycles. The number of alkyl halides is 3. The van der Waals surface area contributed by atoms with E-state index in [0.717, 1.165) is 6.07 Å². The van der Waals surface area contributed by atoms with E-state index in [-0.39, 0.29) is 11.3 Å². The number of aliphatic hydroxyl groups is 1. The van der Waals surface area contributed by atoms with Gasteiger partial charge in [0.2, 0.25) is 0 Å². The number of hydrogen-bond donors (Lipinski definition) is 1. The van der Waals surface area contributed by atoms with Crippen LogP contribution in [-0.4, -0.2) is 26.5 Å². The number of hydrogen-bond acceptors (Lipinski definition) is 4. The van der Waals surface area contributed by atoms with Crippen LogP contribution in [0.5, 0.6) is 5.75 Å². The van der Waals surface area contributed by atoms with Gasteiger partial charge in [0.25, 0.3) is 0 Å². The molecule has 1 unspecified atom stereocenters. The van der Waals surface area contributed by atoms with Crippen LogP contribution < -0.4 is 4.74 Å². The van der Waals surface area contributed by atoms with Gasteiger partial charge < -0.3 is 9.84 Å². The predicted molar refractivity (Wildman–Crippen MR) is 58.2 cm³/mol. The van der Waals surface area contributed by atoms with E-state index < -0.39 is 18.2 Å². The smallest absolute Gasteiger partial charge is 0.405 e. The Balaban J connectivity index is 2.37. The van der Waals surface area contributed by atoms with Crippen LogP contribution in [0.1, 0.15) is 17.4 Å². The summed E-state index contributed by atoms with van der Waals surface area (Å²) in [7, 11) is 1.53. The van der Waals surface area contributed by atoms with Crippen molar-refractivity contribution >= 4 is 0 Å². The van der Waals surface area contributed by atoms with Gasteiger partial charge in [0.05, 0.1) is 11.9 Å². The fourth-order valence-electron chi connectivity index (χ4n) is 1.63. The van der Waals surface area contributed by atoms with Crippen LogP contribution in [0.4, 0.5) is 13.2 Å². The van der Waals surface area contributed by atoms with Crippen molar-refractivity contribution in [2.45, 2.75) is 12.5 Å². The standard InChI is InChI=1S/C11H10F3N3O2/c1-17-8(6-15-16-17)10(18)7-4-2-3-5-9(7)19-11(12,13)14/h2-6,10,18H,1H3. The highest BCUT2D eigenvalue weighted by atomic mass is 19.4. The largest absolute Gasteiger partial charge is 0.573 e. The first-order chi connectivity index (χ1) is 8.88. The zero-order valence-corrected chi connectivity index (χ0v) is 9.80. The number of nitrogens with zero attached hydrogens (tertiary/aromatic N) is 3. The lowest BCUT2D eigenvalue weighted by atomic mass is 10.1. The number of para-hydroxylation sites is 1. The lowest BCUT2D eigenvalue weighted by Gasteiger charge is -2.16. The first-order valence-corrected chi connectivity index (χ1v) is 5.26. The summed E-state index contributed by atoms with van der Waals surface area (Å²) in [5.74, 6) is -0.455. The number of aliphatic hydroxyl groups excluding tert-OH is 1. The Morgan fingerprint density at radius 3 is 2.58 bits per heavy atom. The lowest BCUT2D eigenvalue weighted by Crippen LogP contribution is -2.19. The maximum atomic E-state index is 12.3. The van der Waals surface area contributed by atoms with Crippen LogP contribution in [-0.2, 0) is 7.05 Å². The Kier molecular flexibility index (Phi) is 3.43. The highest BCUT2D eigenvalue weighted by Crippen LogP contribution is 2.32. The Morgan fingerprint density at radius 1 is 1.32 bits per heavy atom. The van der Waals surface area contributed by atoms with Gasteiger partial charge in [-0.2, -0.15) is 0 Å². The van der Waals surface area contributed by atoms with Crippen LogP contribution in [0.2, 0.25) is 0 Å². The van der Waals surface area contributed by atoms with Crippen LogP contribution in [0.3, 0.4) is 0 Å². The maximum Gasteiger partial charge on any atom is 0.573 e. The minimum Gasteiger partial charge on any atom is -0.405 e. The lowest BCUT2D eigenvalue weighted by molar-refractivity contribution is -0.275. The molecular weight excluding hydrogens is 263 g/mol. The minimum absolute atomic E-state index is 0.00905. The van der Waals surface area contributed by atoms with Crippen molar-refractivity contribution < 1.29 is 23.0 Å². The summed E-state index contributed by atoms with van der Waals surface area (Å²) in [6, 6.07) is 5.37. The number of ether oxygens (including phenoxy) is 1. The molecule has 1 N–H and O–H groups in total. The molecule has 1 aromatic heterocycles. The SMILES string of the molecule is Cn1nncc1C(O)c1ccccc1OC(F)(F)F. The second kappa shape index (κ2) is 4.88. The molecule has 0 spiro atoms. The Morgan fingerprint density at radius 2 is 2.00 bits per heavy atom. The highest BCUT2D eigenvalue weighted by molar-refractivity contribution is 5.38. The summed E-state index contributed by atoms with van der Waals surface area (Å²) < 4.78 is 42.0. The van der Waals surface area contributed by atoms with Gasteiger partial charge >= 0.3 is 6.36 Å². The molecule has 19 heavy (non-hydrogen) atoms. The summed E-state index contributed by atoms with van der Waals surface area (Å²) in [5, 5.41) is 17.3. The summed E-state index contributed by atoms with van der Waals surface area (Å²) in [6.45, 7) is 0. The molecular formula is C11H10F3N3O2. The zero-order valence-electron chi connectivity index (χ0n) is 9.80. The Bertz CT molecular complexity index is 568. The number of benzene rings is 1. The molecule has 0 radical (unpaired) electrons. The zero-order chi connectivity index (χ0) is 14.0. The molecule has 0 fully saturated rings. The van der Waals surface area contributed by atoms with Gasteiger partial charge in [-0.1, -0.05) is 23.4 Å². The average Bonchev–Trinajstić information content (AvgIpc) is 2.73. The van der Waals surface area contributed by atoms with E-state index in [2.05, 4.69) is 15.0 Å². The molecule has 8 heteroatoms. The Labute approximate surface area is 106 Å². The molecule has 1 aromatic carbocycles. The monoisotopic (exact) mass is 273 g/mol. The second-order valence-electron chi connectivity index (χ2n) is 3.77. The number of rotatable bonds is 3. The van der Waals surface area contributed by atoms with Gasteiger partial charge in [-0.25, -0.2) is 4.68 Å². The number of halogens is 3. The quantitative estimate of drug-likeness (QED) is 0.926. The number of aromatic nitrogens is 3. The molecule has 0 aliphatic heterocycles. The van der Waals surface area contributed by atoms with E-state index >= 15 is 0 Å². The third-order valence-electron chi connectivity index (χ3n) is 2.47. The fourth-order valence-corrected chi connectivity index (χ4v) is 1.63. The molecule has 102 valence electrons. The minimum atomic E-state index is -4.82. The number of aryl methyl sites for hydroxylation is 1. The molecule has 1 atom stereocenters. The topological polar surface area (TPSA) is 60.2 Å². The molecule has 0 bridgehead atoms. The van der Waals surface area contributed by atoms with E-state index in [0.29, 0.717) is 0 Å². The van der Waals surface area contributed by atoms with Crippen LogP contribution in [0, 0.1) is 0 Å². The van der Waals surface area contributed by atoms with E-state index in [1.54, 1.807) is 0 Å². The molecule has 0 saturated carbocycles. The van der Waals surface area contributed by atoms with Crippen LogP contribution in [0.15, 0.2) is 30.5 Å². The second-order valence-corrected chi connectivity index (χ2v) is 3.77. The van der Waals surface area contributed by atoms with E-state index in [1.165, 1.54) is 36.1 Å². The molecule has 5 nitrogen and oxygen atoms in total. The average molecular weight is 273 g/mol. The van der Waals surface area contributed by atoms with Crippen molar-refractivity contribution in [3.63, 3.8) is 0 Å². The van der Waals surface area contributed by atoms with E-state index in [9.17, 15) is 18.3 Å². The summed E-state index contributed by atoms with van der Waals surface area (Å²) in [4.78, 5) is 0. The predicted octanol–water partition coefficient (Wildman–Crippen LogP) is 1.80. The van der Waals surface area contributed by atoms with Crippen molar-refractivity contribution in [3.05, 3.63) is 41.7 Å². The van der Waals surface area contributed by atoms with E-state index in [1.807, 2.05) is 0 Å². The summed E-state index contributed by atoms with van der Waals surface area (Å²) in [5.41, 5.74) is 0.253. The van der Waals surface area contributed by atoms with Gasteiger partial charge in [0.15, 0.2) is 0 Å². The Hall–Kier alpha value is -2.09. The van der Waals surface area contributed by atoms with Gasteiger partial charge in [-0.15, -0.1) is 18.3 Å². The third kappa shape index (κ3) is 3.02. The normalized spacial score (nSPS) is 13.3. The van der Waals surface area contributed by atoms with Crippen molar-refractivity contribution in [1.82, 2.24) is 15.0 Å². The first kappa shape index (κ1) is 13.3. The molecule has 0 aliphatic carbocycles. The summed E-state index contributed by atoms with van der Waals surface area (Å²) in [6.07, 6.45) is -4.85. The summed E-state index contributed by atoms with van der Waals surface area (Å²) >= 11 is 0. The van der Waals surface area contributed by atoms with Gasteiger partial charge in [-0.05, 0) is 6.07 Å². The van der Waals surface area contributed by atoms with Crippen molar-refractivity contribution in [2.24, 2.45) is 7.05 Å².